The molecule has 4 aliphatic rings. The van der Waals surface area contributed by atoms with E-state index in [1.165, 1.54) is 0 Å². The fourth-order valence-electron chi connectivity index (χ4n) is 5.37. The van der Waals surface area contributed by atoms with E-state index in [1.54, 1.807) is 24.5 Å². The van der Waals surface area contributed by atoms with Crippen molar-refractivity contribution in [1.82, 2.24) is 20.3 Å². The Morgan fingerprint density at radius 2 is 2.17 bits per heavy atom. The second-order valence-electron chi connectivity index (χ2n) is 8.23. The molecule has 6 nitrogen and oxygen atoms in total. The minimum atomic E-state index is -0.0508. The highest BCUT2D eigenvalue weighted by molar-refractivity contribution is 5.91. The largest absolute Gasteiger partial charge is 0.353 e. The molecule has 1 amide bonds. The summed E-state index contributed by atoms with van der Waals surface area (Å²) in [5.74, 6) is 2.31. The Morgan fingerprint density at radius 1 is 1.24 bits per heavy atom. The van der Waals surface area contributed by atoms with E-state index in [4.69, 9.17) is 4.98 Å². The molecule has 144 valence electrons. The molecule has 29 heavy (non-hydrogen) atoms. The summed E-state index contributed by atoms with van der Waals surface area (Å²) in [7, 11) is 0. The first-order chi connectivity index (χ1) is 14.3. The molecule has 2 saturated heterocycles. The average molecular weight is 383 g/mol. The molecule has 1 aromatic carbocycles. The number of amides is 1. The van der Waals surface area contributed by atoms with Gasteiger partial charge in [-0.25, -0.2) is 9.97 Å². The van der Waals surface area contributed by atoms with Gasteiger partial charge in [0.25, 0.3) is 0 Å². The standard InChI is InChI=1S/C23H21N5O/c29-19(8-7-15-4-3-10-24-12-15)25-11-9-23-17-14-28(21(23)20(17)23)22-26-13-16-5-1-2-6-18(16)27-22/h1-8,10,12-13,17,20-21H,9,11,14H2,(H,25,29)/b8-7+/t17-,20-,21?,23+/m1/s1. The van der Waals surface area contributed by atoms with Crippen LogP contribution in [-0.2, 0) is 4.79 Å². The van der Waals surface area contributed by atoms with E-state index in [2.05, 4.69) is 20.2 Å². The summed E-state index contributed by atoms with van der Waals surface area (Å²) in [5, 5.41) is 4.10. The van der Waals surface area contributed by atoms with E-state index in [0.717, 1.165) is 47.2 Å². The van der Waals surface area contributed by atoms with Crippen molar-refractivity contribution in [2.75, 3.05) is 18.0 Å². The second-order valence-corrected chi connectivity index (χ2v) is 8.23. The van der Waals surface area contributed by atoms with Crippen LogP contribution in [0.15, 0.2) is 61.1 Å². The number of rotatable bonds is 6. The van der Waals surface area contributed by atoms with Crippen LogP contribution < -0.4 is 10.2 Å². The molecule has 2 bridgehead atoms. The highest BCUT2D eigenvalue weighted by atomic mass is 16.1. The molecule has 1 unspecified atom stereocenters. The van der Waals surface area contributed by atoms with Gasteiger partial charge < -0.3 is 10.2 Å². The number of carbonyl (C=O) groups is 1. The van der Waals surface area contributed by atoms with Crippen LogP contribution in [0.5, 0.6) is 0 Å². The molecule has 4 atom stereocenters. The molecule has 7 rings (SSSR count). The van der Waals surface area contributed by atoms with Crippen molar-refractivity contribution in [2.24, 2.45) is 17.3 Å². The van der Waals surface area contributed by atoms with Gasteiger partial charge in [-0.1, -0.05) is 24.3 Å². The van der Waals surface area contributed by atoms with E-state index in [9.17, 15) is 4.79 Å². The van der Waals surface area contributed by atoms with E-state index in [-0.39, 0.29) is 5.91 Å². The maximum atomic E-state index is 12.1. The van der Waals surface area contributed by atoms with E-state index in [0.29, 0.717) is 18.0 Å². The van der Waals surface area contributed by atoms with Crippen LogP contribution in [0.3, 0.4) is 0 Å². The molecule has 0 radical (unpaired) electrons. The Kier molecular flexibility index (Phi) is 3.51. The van der Waals surface area contributed by atoms with Gasteiger partial charge in [-0.15, -0.1) is 0 Å². The lowest BCUT2D eigenvalue weighted by molar-refractivity contribution is -0.116. The minimum Gasteiger partial charge on any atom is -0.353 e. The number of piperidine rings is 1. The Hall–Kier alpha value is -3.28. The first-order valence-corrected chi connectivity index (χ1v) is 10.1. The molecule has 4 fully saturated rings. The van der Waals surface area contributed by atoms with Crippen LogP contribution >= 0.6 is 0 Å². The highest BCUT2D eigenvalue weighted by Crippen LogP contribution is 2.87. The Balaban J connectivity index is 1.06. The molecule has 1 N–H and O–H groups in total. The SMILES string of the molecule is O=C(/C=C/c1cccnc1)NCC[C@@]12C3[C@H]1[C@H]2CN3c1ncc2ccccc2n1. The predicted molar refractivity (Wildman–Crippen MR) is 111 cm³/mol. The van der Waals surface area contributed by atoms with Gasteiger partial charge in [0.05, 0.1) is 5.52 Å². The molecule has 2 aromatic heterocycles. The summed E-state index contributed by atoms with van der Waals surface area (Å²) >= 11 is 0. The Labute approximate surface area is 168 Å². The molecule has 4 heterocycles. The number of pyridine rings is 1. The molecule has 2 saturated carbocycles. The zero-order valence-corrected chi connectivity index (χ0v) is 15.9. The monoisotopic (exact) mass is 383 g/mol. The average Bonchev–Trinajstić information content (AvgIpc) is 3.46. The first kappa shape index (κ1) is 16.7. The lowest BCUT2D eigenvalue weighted by Crippen LogP contribution is -2.26. The minimum absolute atomic E-state index is 0.0508. The van der Waals surface area contributed by atoms with Gasteiger partial charge in [0, 0.05) is 54.6 Å². The van der Waals surface area contributed by atoms with Gasteiger partial charge in [-0.2, -0.15) is 0 Å². The summed E-state index contributed by atoms with van der Waals surface area (Å²) < 4.78 is 0. The zero-order chi connectivity index (χ0) is 19.4. The van der Waals surface area contributed by atoms with Gasteiger partial charge in [0.2, 0.25) is 11.9 Å². The Bertz CT molecular complexity index is 1120. The topological polar surface area (TPSA) is 71.0 Å². The number of anilines is 1. The quantitative estimate of drug-likeness (QED) is 0.663. The number of carbonyl (C=O) groups excluding carboxylic acids is 1. The van der Waals surface area contributed by atoms with Gasteiger partial charge in [0.15, 0.2) is 0 Å². The normalized spacial score (nSPS) is 28.6. The summed E-state index contributed by atoms with van der Waals surface area (Å²) in [6.45, 7) is 1.76. The first-order valence-electron chi connectivity index (χ1n) is 10.1. The third kappa shape index (κ3) is 2.55. The van der Waals surface area contributed by atoms with Crippen LogP contribution in [0.2, 0.25) is 0 Å². The van der Waals surface area contributed by atoms with E-state index >= 15 is 0 Å². The number of hydrogen-bond donors (Lipinski definition) is 1. The fraction of sp³-hybridized carbons (Fsp3) is 0.304. The fourth-order valence-corrected chi connectivity index (χ4v) is 5.37. The number of para-hydroxylation sites is 1. The maximum Gasteiger partial charge on any atom is 0.244 e. The van der Waals surface area contributed by atoms with Gasteiger partial charge in [-0.3, -0.25) is 9.78 Å². The molecule has 0 spiro atoms. The maximum absolute atomic E-state index is 12.1. The van der Waals surface area contributed by atoms with Gasteiger partial charge >= 0.3 is 0 Å². The number of hydrogen-bond acceptors (Lipinski definition) is 5. The van der Waals surface area contributed by atoms with Gasteiger partial charge in [-0.05, 0) is 42.0 Å². The number of fused-ring (bicyclic) bond motifs is 2. The predicted octanol–water partition coefficient (Wildman–Crippen LogP) is 2.68. The van der Waals surface area contributed by atoms with Gasteiger partial charge in [0.1, 0.15) is 0 Å². The van der Waals surface area contributed by atoms with Crippen molar-refractivity contribution >= 4 is 28.8 Å². The number of aromatic nitrogens is 3. The number of benzene rings is 1. The van der Waals surface area contributed by atoms with E-state index < -0.39 is 0 Å². The third-order valence-corrected chi connectivity index (χ3v) is 6.85. The van der Waals surface area contributed by atoms with Crippen molar-refractivity contribution in [2.45, 2.75) is 12.5 Å². The molecular weight excluding hydrogens is 362 g/mol. The van der Waals surface area contributed by atoms with Crippen molar-refractivity contribution in [1.29, 1.82) is 0 Å². The lowest BCUT2D eigenvalue weighted by atomic mass is 10.0. The smallest absolute Gasteiger partial charge is 0.244 e. The van der Waals surface area contributed by atoms with Crippen molar-refractivity contribution in [3.8, 4) is 0 Å². The van der Waals surface area contributed by atoms with Crippen molar-refractivity contribution in [3.05, 3.63) is 66.6 Å². The van der Waals surface area contributed by atoms with Crippen LogP contribution in [0.4, 0.5) is 5.95 Å². The third-order valence-electron chi connectivity index (χ3n) is 6.85. The van der Waals surface area contributed by atoms with Crippen LogP contribution in [-0.4, -0.2) is 40.0 Å². The zero-order valence-electron chi connectivity index (χ0n) is 15.9. The van der Waals surface area contributed by atoms with E-state index in [1.807, 2.05) is 42.6 Å². The summed E-state index contributed by atoms with van der Waals surface area (Å²) in [6.07, 6.45) is 9.78. The highest BCUT2D eigenvalue weighted by Gasteiger charge is 2.91. The summed E-state index contributed by atoms with van der Waals surface area (Å²) in [6, 6.07) is 12.4. The number of nitrogens with zero attached hydrogens (tertiary/aromatic N) is 4. The van der Waals surface area contributed by atoms with Crippen molar-refractivity contribution < 1.29 is 4.79 Å². The molecule has 6 heteroatoms. The van der Waals surface area contributed by atoms with Crippen LogP contribution in [0, 0.1) is 17.3 Å². The molecule has 2 aliphatic carbocycles. The van der Waals surface area contributed by atoms with Crippen LogP contribution in [0.1, 0.15) is 12.0 Å². The Morgan fingerprint density at radius 3 is 3.03 bits per heavy atom. The molecular formula is C23H21N5O. The molecule has 3 aromatic rings. The van der Waals surface area contributed by atoms with Crippen LogP contribution in [0.25, 0.3) is 17.0 Å². The lowest BCUT2D eigenvalue weighted by Gasteiger charge is -2.17. The second kappa shape index (κ2) is 6.11. The summed E-state index contributed by atoms with van der Waals surface area (Å²) in [5.41, 5.74) is 2.31. The van der Waals surface area contributed by atoms with Crippen molar-refractivity contribution in [3.63, 3.8) is 0 Å². The number of nitrogens with one attached hydrogen (secondary N) is 1. The molecule has 2 aliphatic heterocycles. The summed E-state index contributed by atoms with van der Waals surface area (Å²) in [4.78, 5) is 27.9.